The molecule has 0 spiro atoms. The van der Waals surface area contributed by atoms with Crippen LogP contribution in [0, 0.1) is 0 Å². The normalized spacial score (nSPS) is 19.0. The lowest BCUT2D eigenvalue weighted by atomic mass is 10.2. The second-order valence-corrected chi connectivity index (χ2v) is 10.4. The summed E-state index contributed by atoms with van der Waals surface area (Å²) in [6.45, 7) is 5.15. The second-order valence-electron chi connectivity index (χ2n) is 9.16. The molecule has 1 aliphatic heterocycles. The number of aromatic amines is 2. The number of nitrogens with zero attached hydrogens (tertiary/aromatic N) is 4. The van der Waals surface area contributed by atoms with Gasteiger partial charge in [0.15, 0.2) is 11.1 Å². The number of hydrogen-bond acceptors (Lipinski definition) is 8. The van der Waals surface area contributed by atoms with Crippen LogP contribution in [0.2, 0.25) is 0 Å². The number of hydrogen-bond donors (Lipinski definition) is 4. The fourth-order valence-corrected chi connectivity index (χ4v) is 4.96. The summed E-state index contributed by atoms with van der Waals surface area (Å²) in [7, 11) is 0. The summed E-state index contributed by atoms with van der Waals surface area (Å²) in [5.74, 6) is -0.332. The van der Waals surface area contributed by atoms with Gasteiger partial charge in [0.2, 0.25) is 5.88 Å². The molecule has 3 aromatic rings. The van der Waals surface area contributed by atoms with E-state index in [1.807, 2.05) is 26.0 Å². The number of aromatic nitrogens is 5. The van der Waals surface area contributed by atoms with E-state index in [9.17, 15) is 14.7 Å². The molecule has 0 radical (unpaired) electrons. The van der Waals surface area contributed by atoms with Gasteiger partial charge in [-0.1, -0.05) is 6.08 Å². The van der Waals surface area contributed by atoms with E-state index in [1.165, 1.54) is 11.8 Å². The molecular formula is C24H29N7O4S. The van der Waals surface area contributed by atoms with E-state index < -0.39 is 5.69 Å². The number of allylic oxidation sites excluding steroid dienone is 1. The van der Waals surface area contributed by atoms with E-state index in [0.29, 0.717) is 40.8 Å². The van der Waals surface area contributed by atoms with Gasteiger partial charge in [-0.05, 0) is 45.6 Å². The molecule has 1 unspecified atom stereocenters. The number of nitrogens with one attached hydrogen (secondary N) is 3. The van der Waals surface area contributed by atoms with Crippen molar-refractivity contribution in [3.05, 3.63) is 55.8 Å². The van der Waals surface area contributed by atoms with Crippen LogP contribution in [0.5, 0.6) is 5.88 Å². The monoisotopic (exact) mass is 511 g/mol. The van der Waals surface area contributed by atoms with E-state index in [4.69, 9.17) is 14.7 Å². The summed E-state index contributed by atoms with van der Waals surface area (Å²) in [5, 5.41) is 18.0. The maximum absolute atomic E-state index is 12.6. The molecule has 12 heteroatoms. The average molecular weight is 512 g/mol. The lowest BCUT2D eigenvalue weighted by molar-refractivity contribution is -0.116. The van der Waals surface area contributed by atoms with Crippen molar-refractivity contribution in [2.75, 3.05) is 13.2 Å². The summed E-state index contributed by atoms with van der Waals surface area (Å²) in [5.41, 5.74) is 1.82. The molecule has 190 valence electrons. The van der Waals surface area contributed by atoms with Crippen molar-refractivity contribution in [2.24, 2.45) is 4.99 Å². The molecule has 1 fully saturated rings. The topological polar surface area (TPSA) is 150 Å². The summed E-state index contributed by atoms with van der Waals surface area (Å²) < 4.78 is 7.20. The Morgan fingerprint density at radius 3 is 2.97 bits per heavy atom. The average Bonchev–Trinajstić information content (AvgIpc) is 3.22. The third-order valence-corrected chi connectivity index (χ3v) is 7.12. The van der Waals surface area contributed by atoms with Crippen molar-refractivity contribution >= 4 is 29.4 Å². The van der Waals surface area contributed by atoms with Crippen molar-refractivity contribution in [3.8, 4) is 5.88 Å². The van der Waals surface area contributed by atoms with Gasteiger partial charge < -0.3 is 20.1 Å². The molecular weight excluding hydrogens is 482 g/mol. The first kappa shape index (κ1) is 24.3. The Hall–Kier alpha value is -3.38. The van der Waals surface area contributed by atoms with E-state index in [2.05, 4.69) is 20.4 Å². The summed E-state index contributed by atoms with van der Waals surface area (Å²) in [4.78, 5) is 39.4. The SMILES string of the molecule is CC(C)OCCCNC(=O)C1=CCC(c2cc(=NC3CC3)n3ncc(=Cc4[nH]c(=O)[nH]c4O)c3n2)S1. The summed E-state index contributed by atoms with van der Waals surface area (Å²) >= 11 is 1.49. The number of aromatic hydroxyl groups is 1. The Kier molecular flexibility index (Phi) is 6.97. The van der Waals surface area contributed by atoms with Crippen LogP contribution in [0.25, 0.3) is 11.7 Å². The van der Waals surface area contributed by atoms with Gasteiger partial charge in [0.1, 0.15) is 5.69 Å². The number of thioether (sulfide) groups is 1. The Morgan fingerprint density at radius 2 is 2.25 bits per heavy atom. The molecule has 1 atom stereocenters. The molecule has 0 saturated heterocycles. The van der Waals surface area contributed by atoms with Crippen LogP contribution in [0.15, 0.2) is 33.0 Å². The molecule has 2 aliphatic rings. The molecule has 3 aromatic heterocycles. The molecule has 1 amide bonds. The van der Waals surface area contributed by atoms with Crippen LogP contribution in [0.4, 0.5) is 0 Å². The number of ether oxygens (including phenoxy) is 1. The van der Waals surface area contributed by atoms with Gasteiger partial charge in [-0.15, -0.1) is 11.8 Å². The van der Waals surface area contributed by atoms with Crippen LogP contribution in [0.1, 0.15) is 56.2 Å². The zero-order valence-corrected chi connectivity index (χ0v) is 21.0. The van der Waals surface area contributed by atoms with Gasteiger partial charge in [0, 0.05) is 24.4 Å². The fraction of sp³-hybridized carbons (Fsp3) is 0.458. The lowest BCUT2D eigenvalue weighted by Gasteiger charge is -2.11. The van der Waals surface area contributed by atoms with Crippen molar-refractivity contribution in [3.63, 3.8) is 0 Å². The molecule has 4 heterocycles. The quantitative estimate of drug-likeness (QED) is 0.314. The van der Waals surface area contributed by atoms with Crippen molar-refractivity contribution in [1.29, 1.82) is 0 Å². The number of amides is 1. The first-order chi connectivity index (χ1) is 17.4. The first-order valence-electron chi connectivity index (χ1n) is 12.1. The van der Waals surface area contributed by atoms with Crippen LogP contribution < -0.4 is 21.7 Å². The second kappa shape index (κ2) is 10.3. The van der Waals surface area contributed by atoms with Crippen LogP contribution in [-0.2, 0) is 9.53 Å². The predicted molar refractivity (Wildman–Crippen MR) is 135 cm³/mol. The zero-order valence-electron chi connectivity index (χ0n) is 20.2. The largest absolute Gasteiger partial charge is 0.493 e. The Morgan fingerprint density at radius 1 is 1.42 bits per heavy atom. The van der Waals surface area contributed by atoms with E-state index in [-0.39, 0.29) is 34.9 Å². The number of fused-ring (bicyclic) bond motifs is 1. The molecule has 1 saturated carbocycles. The molecule has 0 bridgehead atoms. The van der Waals surface area contributed by atoms with Crippen molar-refractivity contribution < 1.29 is 14.6 Å². The van der Waals surface area contributed by atoms with Crippen LogP contribution >= 0.6 is 11.8 Å². The van der Waals surface area contributed by atoms with Gasteiger partial charge in [-0.3, -0.25) is 14.8 Å². The van der Waals surface area contributed by atoms with E-state index in [0.717, 1.165) is 25.0 Å². The van der Waals surface area contributed by atoms with E-state index in [1.54, 1.807) is 16.8 Å². The Bertz CT molecular complexity index is 1480. The highest BCUT2D eigenvalue weighted by Gasteiger charge is 2.26. The number of H-pyrrole nitrogens is 2. The molecule has 36 heavy (non-hydrogen) atoms. The number of carbonyl (C=O) groups excluding carboxylic acids is 1. The molecule has 1 aliphatic carbocycles. The Balaban J connectivity index is 1.38. The Labute approximate surface area is 210 Å². The third-order valence-electron chi connectivity index (χ3n) is 5.79. The van der Waals surface area contributed by atoms with Gasteiger partial charge >= 0.3 is 5.69 Å². The van der Waals surface area contributed by atoms with Crippen LogP contribution in [-0.4, -0.2) is 60.9 Å². The highest BCUT2D eigenvalue weighted by Crippen LogP contribution is 2.42. The lowest BCUT2D eigenvalue weighted by Crippen LogP contribution is -2.25. The number of carbonyl (C=O) groups is 1. The van der Waals surface area contributed by atoms with Crippen molar-refractivity contribution in [2.45, 2.75) is 56.9 Å². The first-order valence-corrected chi connectivity index (χ1v) is 13.0. The smallest absolute Gasteiger partial charge is 0.326 e. The van der Waals surface area contributed by atoms with E-state index >= 15 is 0 Å². The number of rotatable bonds is 9. The molecule has 5 rings (SSSR count). The van der Waals surface area contributed by atoms with Gasteiger partial charge in [0.05, 0.1) is 34.2 Å². The van der Waals surface area contributed by atoms with Crippen molar-refractivity contribution in [1.82, 2.24) is 29.9 Å². The maximum atomic E-state index is 12.6. The maximum Gasteiger partial charge on any atom is 0.326 e. The van der Waals surface area contributed by atoms with Gasteiger partial charge in [-0.2, -0.15) is 9.61 Å². The minimum Gasteiger partial charge on any atom is -0.493 e. The molecule has 11 nitrogen and oxygen atoms in total. The van der Waals surface area contributed by atoms with Gasteiger partial charge in [0.25, 0.3) is 5.91 Å². The summed E-state index contributed by atoms with van der Waals surface area (Å²) in [6.07, 6.45) is 8.91. The number of imidazole rings is 1. The standard InChI is InChI=1S/C24H29N7O4S/c1-13(2)35-9-3-8-25-23(33)19-7-6-18(36-19)16-11-20(27-15-4-5-15)31-21(28-16)14(12-26-31)10-17-22(32)30-24(34)29-17/h7,10-13,15,18,32H,3-6,8-9H2,1-2H3,(H,25,33)(H2,29,30,34). The minimum atomic E-state index is -0.500. The highest BCUT2D eigenvalue weighted by molar-refractivity contribution is 8.04. The fourth-order valence-electron chi connectivity index (χ4n) is 3.85. The minimum absolute atomic E-state index is 0.0311. The van der Waals surface area contributed by atoms with Gasteiger partial charge in [-0.25, -0.2) is 9.78 Å². The molecule has 0 aromatic carbocycles. The van der Waals surface area contributed by atoms with Crippen LogP contribution in [0.3, 0.4) is 0 Å². The zero-order chi connectivity index (χ0) is 25.2. The third kappa shape index (κ3) is 5.54. The molecule has 4 N–H and O–H groups in total. The highest BCUT2D eigenvalue weighted by atomic mass is 32.2. The predicted octanol–water partition coefficient (Wildman–Crippen LogP) is 1.06. The summed E-state index contributed by atoms with van der Waals surface area (Å²) in [6, 6.07) is 2.22.